The fourth-order valence-corrected chi connectivity index (χ4v) is 4.28. The van der Waals surface area contributed by atoms with Crippen LogP contribution in [0.15, 0.2) is 48.8 Å². The third-order valence-electron chi connectivity index (χ3n) is 6.38. The summed E-state index contributed by atoms with van der Waals surface area (Å²) in [7, 11) is 3.81. The topological polar surface area (TPSA) is 62.6 Å². The van der Waals surface area contributed by atoms with E-state index in [2.05, 4.69) is 32.0 Å². The number of halogens is 3. The summed E-state index contributed by atoms with van der Waals surface area (Å²) in [6, 6.07) is 9.59. The van der Waals surface area contributed by atoms with Crippen LogP contribution >= 0.6 is 0 Å². The number of carbonyl (C=O) groups excluding carboxylic acids is 1. The molecular weight excluding hydrogens is 471 g/mol. The number of anilines is 1. The Bertz CT molecular complexity index is 1230. The summed E-state index contributed by atoms with van der Waals surface area (Å²) in [4.78, 5) is 17.8. The molecule has 1 amide bonds. The third-order valence-corrected chi connectivity index (χ3v) is 6.38. The summed E-state index contributed by atoms with van der Waals surface area (Å²) in [5, 5.41) is 7.04. The number of ether oxygens (including phenoxy) is 1. The Morgan fingerprint density at radius 2 is 1.78 bits per heavy atom. The number of amides is 1. The second kappa shape index (κ2) is 10.2. The van der Waals surface area contributed by atoms with Crippen molar-refractivity contribution in [2.75, 3.05) is 38.1 Å². The minimum Gasteiger partial charge on any atom is -0.406 e. The standard InChI is InChI=1S/C26H30F3N5O2/c1-17-5-6-22(34-9-7-32(3)8-10-34)14-24(17)25(35)31-18(2)19-11-20(21-15-30-33(4)16-21)13-23(12-19)36-26(27,28)29/h5-6,11-16,18H,7-10H2,1-4H3,(H,31,35)/t18-/m1/s1. The number of nitrogens with one attached hydrogen (secondary N) is 1. The second-order valence-corrected chi connectivity index (χ2v) is 9.23. The molecule has 1 aromatic heterocycles. The minimum absolute atomic E-state index is 0.291. The zero-order chi connectivity index (χ0) is 26.0. The van der Waals surface area contributed by atoms with Crippen molar-refractivity contribution in [3.05, 3.63) is 65.5 Å². The molecule has 1 saturated heterocycles. The number of likely N-dealkylation sites (N-methyl/N-ethyl adjacent to an activating group) is 1. The molecule has 0 spiro atoms. The molecule has 1 N–H and O–H groups in total. The molecule has 0 aliphatic carbocycles. The van der Waals surface area contributed by atoms with Crippen molar-refractivity contribution in [2.45, 2.75) is 26.3 Å². The van der Waals surface area contributed by atoms with Crippen molar-refractivity contribution in [3.63, 3.8) is 0 Å². The molecule has 7 nitrogen and oxygen atoms in total. The Morgan fingerprint density at radius 3 is 2.42 bits per heavy atom. The van der Waals surface area contributed by atoms with Crippen LogP contribution in [0.3, 0.4) is 0 Å². The van der Waals surface area contributed by atoms with Crippen molar-refractivity contribution in [3.8, 4) is 16.9 Å². The van der Waals surface area contributed by atoms with Crippen LogP contribution in [0.1, 0.15) is 34.5 Å². The van der Waals surface area contributed by atoms with Gasteiger partial charge in [-0.1, -0.05) is 6.07 Å². The first-order chi connectivity index (χ1) is 17.0. The van der Waals surface area contributed by atoms with Gasteiger partial charge in [-0.25, -0.2) is 0 Å². The molecule has 0 radical (unpaired) electrons. The number of aromatic nitrogens is 2. The van der Waals surface area contributed by atoms with E-state index in [0.29, 0.717) is 22.3 Å². The summed E-state index contributed by atoms with van der Waals surface area (Å²) in [6.07, 6.45) is -1.57. The molecule has 1 fully saturated rings. The van der Waals surface area contributed by atoms with E-state index in [4.69, 9.17) is 0 Å². The molecule has 0 bridgehead atoms. The average molecular weight is 502 g/mol. The van der Waals surface area contributed by atoms with Gasteiger partial charge >= 0.3 is 6.36 Å². The van der Waals surface area contributed by atoms with E-state index in [0.717, 1.165) is 37.4 Å². The Hall–Kier alpha value is -3.53. The van der Waals surface area contributed by atoms with Gasteiger partial charge in [-0.2, -0.15) is 5.10 Å². The van der Waals surface area contributed by atoms with Gasteiger partial charge in [0.05, 0.1) is 12.2 Å². The molecule has 1 aliphatic rings. The summed E-state index contributed by atoms with van der Waals surface area (Å²) >= 11 is 0. The van der Waals surface area contributed by atoms with Crippen molar-refractivity contribution < 1.29 is 22.7 Å². The quantitative estimate of drug-likeness (QED) is 0.538. The highest BCUT2D eigenvalue weighted by molar-refractivity contribution is 5.97. The molecule has 1 aliphatic heterocycles. The molecule has 10 heteroatoms. The Balaban J connectivity index is 1.58. The predicted molar refractivity (Wildman–Crippen MR) is 132 cm³/mol. The average Bonchev–Trinajstić information content (AvgIpc) is 3.25. The normalized spacial score (nSPS) is 15.6. The fourth-order valence-electron chi connectivity index (χ4n) is 4.28. The first-order valence-corrected chi connectivity index (χ1v) is 11.7. The van der Waals surface area contributed by atoms with Crippen LogP contribution in [0, 0.1) is 6.92 Å². The summed E-state index contributed by atoms with van der Waals surface area (Å²) in [6.45, 7) is 7.24. The smallest absolute Gasteiger partial charge is 0.406 e. The zero-order valence-corrected chi connectivity index (χ0v) is 20.8. The van der Waals surface area contributed by atoms with Crippen LogP contribution in [-0.2, 0) is 7.05 Å². The first kappa shape index (κ1) is 25.6. The van der Waals surface area contributed by atoms with Crippen LogP contribution in [0.2, 0.25) is 0 Å². The van der Waals surface area contributed by atoms with E-state index in [9.17, 15) is 18.0 Å². The maximum atomic E-state index is 13.2. The first-order valence-electron chi connectivity index (χ1n) is 11.7. The van der Waals surface area contributed by atoms with E-state index in [1.165, 1.54) is 12.1 Å². The van der Waals surface area contributed by atoms with Gasteiger partial charge in [0.1, 0.15) is 5.75 Å². The molecule has 4 rings (SSSR count). The molecule has 0 saturated carbocycles. The number of hydrogen-bond acceptors (Lipinski definition) is 5. The van der Waals surface area contributed by atoms with Gasteiger partial charge in [-0.3, -0.25) is 9.48 Å². The van der Waals surface area contributed by atoms with E-state index in [-0.39, 0.29) is 11.7 Å². The maximum absolute atomic E-state index is 13.2. The van der Waals surface area contributed by atoms with Gasteiger partial charge in [0.2, 0.25) is 0 Å². The fraction of sp³-hybridized carbons (Fsp3) is 0.385. The van der Waals surface area contributed by atoms with Crippen molar-refractivity contribution in [2.24, 2.45) is 7.05 Å². The van der Waals surface area contributed by atoms with E-state index in [1.807, 2.05) is 25.1 Å². The minimum atomic E-state index is -4.84. The van der Waals surface area contributed by atoms with Crippen LogP contribution in [0.4, 0.5) is 18.9 Å². The zero-order valence-electron chi connectivity index (χ0n) is 20.8. The molecule has 3 aromatic rings. The van der Waals surface area contributed by atoms with Gasteiger partial charge < -0.3 is 19.9 Å². The maximum Gasteiger partial charge on any atom is 0.573 e. The SMILES string of the molecule is Cc1ccc(N2CCN(C)CC2)cc1C(=O)N[C@H](C)c1cc(OC(F)(F)F)cc(-c2cnn(C)c2)c1. The van der Waals surface area contributed by atoms with Gasteiger partial charge in [-0.15, -0.1) is 13.2 Å². The number of rotatable bonds is 6. The molecular formula is C26H30F3N5O2. The van der Waals surface area contributed by atoms with Gasteiger partial charge in [-0.05, 0) is 67.9 Å². The molecule has 2 aromatic carbocycles. The van der Waals surface area contributed by atoms with Crippen molar-refractivity contribution in [1.29, 1.82) is 0 Å². The number of hydrogen-bond donors (Lipinski definition) is 1. The highest BCUT2D eigenvalue weighted by Crippen LogP contribution is 2.32. The number of aryl methyl sites for hydroxylation is 2. The molecule has 192 valence electrons. The summed E-state index contributed by atoms with van der Waals surface area (Å²) in [5.74, 6) is -0.644. The largest absolute Gasteiger partial charge is 0.573 e. The van der Waals surface area contributed by atoms with Gasteiger partial charge in [0, 0.05) is 56.2 Å². The lowest BCUT2D eigenvalue weighted by molar-refractivity contribution is -0.274. The Kier molecular flexibility index (Phi) is 7.26. The predicted octanol–water partition coefficient (Wildman–Crippen LogP) is 4.54. The van der Waals surface area contributed by atoms with Crippen LogP contribution in [-0.4, -0.2) is 60.2 Å². The monoisotopic (exact) mass is 501 g/mol. The number of carbonyl (C=O) groups is 1. The molecule has 0 unspecified atom stereocenters. The van der Waals surface area contributed by atoms with Crippen molar-refractivity contribution in [1.82, 2.24) is 20.0 Å². The summed E-state index contributed by atoms with van der Waals surface area (Å²) in [5.41, 5.74) is 3.97. The molecule has 1 atom stereocenters. The third kappa shape index (κ3) is 6.17. The van der Waals surface area contributed by atoms with E-state index >= 15 is 0 Å². The van der Waals surface area contributed by atoms with Crippen molar-refractivity contribution >= 4 is 11.6 Å². The lowest BCUT2D eigenvalue weighted by atomic mass is 10.0. The number of benzene rings is 2. The lowest BCUT2D eigenvalue weighted by Crippen LogP contribution is -2.44. The molecule has 2 heterocycles. The Labute approximate surface area is 208 Å². The number of nitrogens with zero attached hydrogens (tertiary/aromatic N) is 4. The van der Waals surface area contributed by atoms with Gasteiger partial charge in [0.15, 0.2) is 0 Å². The highest BCUT2D eigenvalue weighted by atomic mass is 19.4. The summed E-state index contributed by atoms with van der Waals surface area (Å²) < 4.78 is 44.7. The van der Waals surface area contributed by atoms with Crippen LogP contribution < -0.4 is 15.0 Å². The van der Waals surface area contributed by atoms with Gasteiger partial charge in [0.25, 0.3) is 5.91 Å². The Morgan fingerprint density at radius 1 is 1.06 bits per heavy atom. The van der Waals surface area contributed by atoms with E-state index < -0.39 is 12.4 Å². The van der Waals surface area contributed by atoms with E-state index in [1.54, 1.807) is 37.1 Å². The number of alkyl halides is 3. The molecule has 36 heavy (non-hydrogen) atoms. The van der Waals surface area contributed by atoms with Crippen LogP contribution in [0.25, 0.3) is 11.1 Å². The highest BCUT2D eigenvalue weighted by Gasteiger charge is 2.31. The lowest BCUT2D eigenvalue weighted by Gasteiger charge is -2.34. The van der Waals surface area contributed by atoms with Crippen LogP contribution in [0.5, 0.6) is 5.75 Å². The second-order valence-electron chi connectivity index (χ2n) is 9.23. The number of piperazine rings is 1.